The second-order valence-corrected chi connectivity index (χ2v) is 13.8. The van der Waals surface area contributed by atoms with Gasteiger partial charge in [0, 0.05) is 46.7 Å². The van der Waals surface area contributed by atoms with Gasteiger partial charge in [-0.3, -0.25) is 9.59 Å². The van der Waals surface area contributed by atoms with Gasteiger partial charge in [0.2, 0.25) is 21.8 Å². The molecule has 22 heteroatoms. The van der Waals surface area contributed by atoms with E-state index in [-0.39, 0.29) is 48.1 Å². The first-order valence-electron chi connectivity index (χ1n) is 15.0. The molecule has 1 atom stereocenters. The van der Waals surface area contributed by atoms with Crippen LogP contribution in [0, 0.1) is 0 Å². The molecule has 0 aromatic heterocycles. The van der Waals surface area contributed by atoms with E-state index in [1.54, 1.807) is 30.3 Å². The highest BCUT2D eigenvalue weighted by molar-refractivity contribution is 7.89. The molecular formula is C32H32Cl2F6N4O9S. The number of alkyl halides is 6. The number of primary amides is 2. The molecule has 2 amide bonds. The van der Waals surface area contributed by atoms with Crippen LogP contribution in [0.25, 0.3) is 0 Å². The van der Waals surface area contributed by atoms with Gasteiger partial charge in [-0.2, -0.15) is 26.3 Å². The SMILES string of the molecule is CN1Cc2c(Cl)cc(Cl)cc2C(c2ccc(S(=O)(=O)NCCOCCc3c(C(N)=O)cccc3C(N)=O)cc2)C1.O=C(O)C(F)(F)F.O=C(O)C(F)(F)F. The summed E-state index contributed by atoms with van der Waals surface area (Å²) in [6.07, 6.45) is -9.96. The zero-order valence-electron chi connectivity index (χ0n) is 27.8. The molecule has 0 fully saturated rings. The van der Waals surface area contributed by atoms with Crippen LogP contribution < -0.4 is 16.2 Å². The number of amides is 2. The Morgan fingerprint density at radius 1 is 0.889 bits per heavy atom. The lowest BCUT2D eigenvalue weighted by Gasteiger charge is -2.33. The van der Waals surface area contributed by atoms with Crippen LogP contribution in [0.4, 0.5) is 26.3 Å². The lowest BCUT2D eigenvalue weighted by Crippen LogP contribution is -2.31. The van der Waals surface area contributed by atoms with Crippen LogP contribution in [0.1, 0.15) is 48.9 Å². The standard InChI is InChI=1S/C28H30Cl2N4O5S.2C2HF3O2/c1-34-15-24(23-13-18(29)14-26(30)25(23)16-34)17-5-7-19(8-6-17)40(37,38)33-10-12-39-11-9-20-21(27(31)35)3-2-4-22(20)28(32)36;2*3-2(4,5)1(6)7/h2-8,13-14,24,33H,9-12,15-16H2,1H3,(H2,31,35)(H2,32,36);2*(H,6,7). The maximum Gasteiger partial charge on any atom is 0.490 e. The first-order chi connectivity index (χ1) is 24.9. The van der Waals surface area contributed by atoms with E-state index in [4.69, 9.17) is 59.2 Å². The molecule has 1 aliphatic heterocycles. The molecule has 3 aromatic carbocycles. The molecule has 296 valence electrons. The minimum Gasteiger partial charge on any atom is -0.475 e. The van der Waals surface area contributed by atoms with Crippen molar-refractivity contribution in [2.75, 3.05) is 33.4 Å². The summed E-state index contributed by atoms with van der Waals surface area (Å²) in [7, 11) is -1.76. The van der Waals surface area contributed by atoms with Crippen LogP contribution in [-0.4, -0.2) is 93.0 Å². The van der Waals surface area contributed by atoms with Gasteiger partial charge in [0.05, 0.1) is 18.1 Å². The summed E-state index contributed by atoms with van der Waals surface area (Å²) in [4.78, 5) is 43.5. The first-order valence-corrected chi connectivity index (χ1v) is 17.3. The van der Waals surface area contributed by atoms with Crippen molar-refractivity contribution in [3.8, 4) is 0 Å². The Kier molecular flexibility index (Phi) is 16.3. The van der Waals surface area contributed by atoms with Crippen LogP contribution in [-0.2, 0) is 37.3 Å². The Morgan fingerprint density at radius 3 is 1.85 bits per heavy atom. The summed E-state index contributed by atoms with van der Waals surface area (Å²) in [5.74, 6) is -6.87. The molecule has 1 heterocycles. The maximum absolute atomic E-state index is 12.8. The Hall–Kier alpha value is -4.47. The molecular weight excluding hydrogens is 801 g/mol. The van der Waals surface area contributed by atoms with Gasteiger partial charge in [-0.05, 0) is 72.1 Å². The van der Waals surface area contributed by atoms with Crippen molar-refractivity contribution in [1.82, 2.24) is 9.62 Å². The van der Waals surface area contributed by atoms with E-state index < -0.39 is 46.1 Å². The Labute approximate surface area is 313 Å². The number of halogens is 8. The van der Waals surface area contributed by atoms with E-state index in [0.717, 1.165) is 23.2 Å². The smallest absolute Gasteiger partial charge is 0.475 e. The van der Waals surface area contributed by atoms with E-state index in [2.05, 4.69) is 9.62 Å². The lowest BCUT2D eigenvalue weighted by atomic mass is 9.85. The normalized spacial score (nSPS) is 14.4. The number of carbonyl (C=O) groups excluding carboxylic acids is 2. The molecule has 54 heavy (non-hydrogen) atoms. The number of hydrogen-bond donors (Lipinski definition) is 5. The zero-order valence-corrected chi connectivity index (χ0v) is 30.1. The van der Waals surface area contributed by atoms with Crippen LogP contribution in [0.3, 0.4) is 0 Å². The largest absolute Gasteiger partial charge is 0.490 e. The zero-order chi connectivity index (χ0) is 41.2. The number of nitrogens with one attached hydrogen (secondary N) is 1. The molecule has 0 saturated heterocycles. The average molecular weight is 834 g/mol. The predicted molar refractivity (Wildman–Crippen MR) is 182 cm³/mol. The summed E-state index contributed by atoms with van der Waals surface area (Å²) in [6.45, 7) is 1.70. The second kappa shape index (κ2) is 19.2. The van der Waals surface area contributed by atoms with Gasteiger partial charge in [-0.25, -0.2) is 22.7 Å². The van der Waals surface area contributed by atoms with E-state index >= 15 is 0 Å². The lowest BCUT2D eigenvalue weighted by molar-refractivity contribution is -0.193. The van der Waals surface area contributed by atoms with Gasteiger partial charge in [0.15, 0.2) is 0 Å². The molecule has 4 rings (SSSR count). The number of ether oxygens (including phenoxy) is 1. The molecule has 13 nitrogen and oxygen atoms in total. The van der Waals surface area contributed by atoms with Gasteiger partial charge in [0.1, 0.15) is 0 Å². The number of nitrogens with two attached hydrogens (primary N) is 2. The van der Waals surface area contributed by atoms with E-state index in [1.165, 1.54) is 18.2 Å². The molecule has 3 aromatic rings. The van der Waals surface area contributed by atoms with Crippen LogP contribution in [0.5, 0.6) is 0 Å². The van der Waals surface area contributed by atoms with Gasteiger partial charge in [-0.1, -0.05) is 41.4 Å². The van der Waals surface area contributed by atoms with Crippen molar-refractivity contribution >= 4 is 57.0 Å². The molecule has 0 aliphatic carbocycles. The monoisotopic (exact) mass is 832 g/mol. The molecule has 1 unspecified atom stereocenters. The minimum atomic E-state index is -5.08. The van der Waals surface area contributed by atoms with Crippen molar-refractivity contribution < 1.29 is 68.9 Å². The Morgan fingerprint density at radius 2 is 1.39 bits per heavy atom. The number of rotatable bonds is 11. The van der Waals surface area contributed by atoms with Crippen LogP contribution >= 0.6 is 23.2 Å². The minimum absolute atomic E-state index is 0.00200. The predicted octanol–water partition coefficient (Wildman–Crippen LogP) is 4.57. The number of benzene rings is 3. The topological polar surface area (TPSA) is 219 Å². The number of fused-ring (bicyclic) bond motifs is 1. The quantitative estimate of drug-likeness (QED) is 0.134. The Balaban J connectivity index is 0.000000610. The fraction of sp³-hybridized carbons (Fsp3) is 0.312. The van der Waals surface area contributed by atoms with Crippen LogP contribution in [0.2, 0.25) is 10.0 Å². The van der Waals surface area contributed by atoms with Crippen molar-refractivity contribution in [1.29, 1.82) is 0 Å². The average Bonchev–Trinajstić information content (AvgIpc) is 3.06. The van der Waals surface area contributed by atoms with Crippen molar-refractivity contribution in [2.45, 2.75) is 36.1 Å². The van der Waals surface area contributed by atoms with E-state index in [1.807, 2.05) is 13.1 Å². The van der Waals surface area contributed by atoms with Gasteiger partial charge < -0.3 is 31.3 Å². The Bertz CT molecular complexity index is 1890. The summed E-state index contributed by atoms with van der Waals surface area (Å²) < 4.78 is 97.2. The van der Waals surface area contributed by atoms with Crippen molar-refractivity contribution in [2.24, 2.45) is 11.5 Å². The fourth-order valence-electron chi connectivity index (χ4n) is 4.94. The van der Waals surface area contributed by atoms with E-state index in [0.29, 0.717) is 22.2 Å². The summed E-state index contributed by atoms with van der Waals surface area (Å²) >= 11 is 12.7. The highest BCUT2D eigenvalue weighted by Gasteiger charge is 2.39. The summed E-state index contributed by atoms with van der Waals surface area (Å²) in [5, 5.41) is 15.4. The second-order valence-electron chi connectivity index (χ2n) is 11.2. The molecule has 0 bridgehead atoms. The third-order valence-corrected chi connectivity index (χ3v) is 9.34. The molecule has 7 N–H and O–H groups in total. The van der Waals surface area contributed by atoms with Gasteiger partial charge in [0.25, 0.3) is 0 Å². The third kappa shape index (κ3) is 13.4. The van der Waals surface area contributed by atoms with Crippen molar-refractivity contribution in [3.05, 3.63) is 98.0 Å². The highest BCUT2D eigenvalue weighted by Crippen LogP contribution is 2.38. The van der Waals surface area contributed by atoms with Crippen LogP contribution in [0.15, 0.2) is 59.5 Å². The molecule has 0 radical (unpaired) electrons. The molecule has 0 saturated carbocycles. The number of nitrogens with zero attached hydrogens (tertiary/aromatic N) is 1. The first kappa shape index (κ1) is 45.7. The fourth-order valence-corrected chi connectivity index (χ4v) is 6.52. The summed E-state index contributed by atoms with van der Waals surface area (Å²) in [6, 6.07) is 15.0. The number of hydrogen-bond acceptors (Lipinski definition) is 8. The van der Waals surface area contributed by atoms with E-state index in [9.17, 15) is 44.3 Å². The van der Waals surface area contributed by atoms with Gasteiger partial charge >= 0.3 is 24.3 Å². The molecule has 1 aliphatic rings. The summed E-state index contributed by atoms with van der Waals surface area (Å²) in [5.41, 5.74) is 14.6. The maximum atomic E-state index is 12.8. The van der Waals surface area contributed by atoms with Crippen molar-refractivity contribution in [3.63, 3.8) is 0 Å². The number of carbonyl (C=O) groups is 4. The number of sulfonamides is 1. The number of carboxylic acid groups (broad SMARTS) is 2. The van der Waals surface area contributed by atoms with Gasteiger partial charge in [-0.15, -0.1) is 0 Å². The number of likely N-dealkylation sites (N-methyl/N-ethyl adjacent to an activating group) is 1. The number of aliphatic carboxylic acids is 2. The third-order valence-electron chi connectivity index (χ3n) is 7.31. The number of carboxylic acids is 2. The highest BCUT2D eigenvalue weighted by atomic mass is 35.5. The molecule has 0 spiro atoms.